The Labute approximate surface area is 59.9 Å². The highest BCUT2D eigenvalue weighted by Gasteiger charge is 2.38. The van der Waals surface area contributed by atoms with Gasteiger partial charge in [-0.3, -0.25) is 0 Å². The first-order valence-corrected chi connectivity index (χ1v) is 3.79. The molecule has 0 spiro atoms. The van der Waals surface area contributed by atoms with Crippen LogP contribution in [-0.2, 0) is 9.47 Å². The van der Waals surface area contributed by atoms with E-state index in [2.05, 4.69) is 0 Å². The summed E-state index contributed by atoms with van der Waals surface area (Å²) >= 11 is 0. The molecule has 2 fully saturated rings. The summed E-state index contributed by atoms with van der Waals surface area (Å²) in [6, 6.07) is 0. The molecule has 2 rings (SSSR count). The minimum atomic E-state index is -0.565. The van der Waals surface area contributed by atoms with Gasteiger partial charge in [-0.15, -0.1) is 0 Å². The van der Waals surface area contributed by atoms with E-state index in [0.29, 0.717) is 6.61 Å². The summed E-state index contributed by atoms with van der Waals surface area (Å²) in [5.74, 6) is 0.244. The van der Waals surface area contributed by atoms with Gasteiger partial charge in [0.25, 0.3) is 0 Å². The highest BCUT2D eigenvalue weighted by atomic mass is 16.6. The second-order valence-electron chi connectivity index (χ2n) is 2.94. The Kier molecular flexibility index (Phi) is 1.64. The Morgan fingerprint density at radius 1 is 1.30 bits per heavy atom. The summed E-state index contributed by atoms with van der Waals surface area (Å²) in [7, 11) is 0. The second kappa shape index (κ2) is 2.49. The van der Waals surface area contributed by atoms with Crippen LogP contribution in [-0.4, -0.2) is 30.7 Å². The number of hydrogen-bond donors (Lipinski definition) is 1. The van der Waals surface area contributed by atoms with E-state index in [-0.39, 0.29) is 12.0 Å². The van der Waals surface area contributed by atoms with Crippen LogP contribution in [0.25, 0.3) is 0 Å². The molecule has 3 atom stereocenters. The molecule has 0 aromatic heterocycles. The number of ether oxygens (including phenoxy) is 2. The fourth-order valence-electron chi connectivity index (χ4n) is 1.68. The number of fused-ring (bicyclic) bond motifs is 1. The van der Waals surface area contributed by atoms with E-state index in [0.717, 1.165) is 19.4 Å². The number of aliphatic hydroxyl groups is 1. The lowest BCUT2D eigenvalue weighted by Crippen LogP contribution is -2.31. The van der Waals surface area contributed by atoms with Crippen LogP contribution in [0.2, 0.25) is 0 Å². The second-order valence-corrected chi connectivity index (χ2v) is 2.94. The molecule has 0 aromatic rings. The number of rotatable bonds is 0. The minimum Gasteiger partial charge on any atom is -0.375 e. The molecule has 58 valence electrons. The summed E-state index contributed by atoms with van der Waals surface area (Å²) in [5.41, 5.74) is 0. The first-order valence-electron chi connectivity index (χ1n) is 3.79. The van der Waals surface area contributed by atoms with Crippen molar-refractivity contribution in [2.45, 2.75) is 25.2 Å². The van der Waals surface area contributed by atoms with Crippen molar-refractivity contribution < 1.29 is 14.6 Å². The molecule has 0 radical (unpaired) electrons. The van der Waals surface area contributed by atoms with Gasteiger partial charge in [-0.25, -0.2) is 0 Å². The number of aliphatic hydroxyl groups excluding tert-OH is 1. The molecule has 2 aliphatic rings. The third-order valence-electron chi connectivity index (χ3n) is 2.29. The zero-order chi connectivity index (χ0) is 6.97. The van der Waals surface area contributed by atoms with Gasteiger partial charge in [0, 0.05) is 12.5 Å². The molecule has 0 aliphatic carbocycles. The maximum Gasteiger partial charge on any atom is 0.160 e. The van der Waals surface area contributed by atoms with Gasteiger partial charge in [-0.1, -0.05) is 0 Å². The Hall–Kier alpha value is -0.120. The quantitative estimate of drug-likeness (QED) is 0.525. The van der Waals surface area contributed by atoms with Crippen LogP contribution in [0.5, 0.6) is 0 Å². The van der Waals surface area contributed by atoms with E-state index < -0.39 is 6.29 Å². The largest absolute Gasteiger partial charge is 0.375 e. The molecule has 3 nitrogen and oxygen atoms in total. The Morgan fingerprint density at radius 2 is 2.20 bits per heavy atom. The van der Waals surface area contributed by atoms with E-state index in [1.54, 1.807) is 0 Å². The predicted molar refractivity (Wildman–Crippen MR) is 34.4 cm³/mol. The van der Waals surface area contributed by atoms with Gasteiger partial charge in [-0.05, 0) is 12.8 Å². The normalized spacial score (nSPS) is 47.1. The SMILES string of the molecule is OC1OCC2OCCCC12. The summed E-state index contributed by atoms with van der Waals surface area (Å²) in [4.78, 5) is 0. The van der Waals surface area contributed by atoms with Crippen molar-refractivity contribution in [3.63, 3.8) is 0 Å². The van der Waals surface area contributed by atoms with E-state index in [1.165, 1.54) is 0 Å². The van der Waals surface area contributed by atoms with Gasteiger partial charge in [0.1, 0.15) is 0 Å². The fourth-order valence-corrected chi connectivity index (χ4v) is 1.68. The van der Waals surface area contributed by atoms with Gasteiger partial charge in [0.05, 0.1) is 12.7 Å². The lowest BCUT2D eigenvalue weighted by atomic mass is 9.96. The minimum absolute atomic E-state index is 0.170. The first kappa shape index (κ1) is 6.58. The molecular formula is C7H12O3. The molecule has 0 aromatic carbocycles. The molecule has 2 aliphatic heterocycles. The average Bonchev–Trinajstić information content (AvgIpc) is 2.34. The zero-order valence-corrected chi connectivity index (χ0v) is 5.82. The summed E-state index contributed by atoms with van der Waals surface area (Å²) in [6.45, 7) is 1.41. The van der Waals surface area contributed by atoms with Crippen molar-refractivity contribution in [2.24, 2.45) is 5.92 Å². The van der Waals surface area contributed by atoms with Gasteiger partial charge < -0.3 is 14.6 Å². The van der Waals surface area contributed by atoms with Gasteiger partial charge in [-0.2, -0.15) is 0 Å². The number of hydrogen-bond acceptors (Lipinski definition) is 3. The van der Waals surface area contributed by atoms with Crippen LogP contribution in [0.15, 0.2) is 0 Å². The Bertz CT molecular complexity index is 124. The highest BCUT2D eigenvalue weighted by Crippen LogP contribution is 2.30. The van der Waals surface area contributed by atoms with Crippen LogP contribution < -0.4 is 0 Å². The maximum atomic E-state index is 9.22. The van der Waals surface area contributed by atoms with Gasteiger partial charge in [0.2, 0.25) is 0 Å². The van der Waals surface area contributed by atoms with E-state index in [1.807, 2.05) is 0 Å². The maximum absolute atomic E-state index is 9.22. The summed E-state index contributed by atoms with van der Waals surface area (Å²) in [5, 5.41) is 9.22. The van der Waals surface area contributed by atoms with Gasteiger partial charge in [0.15, 0.2) is 6.29 Å². The van der Waals surface area contributed by atoms with E-state index in [4.69, 9.17) is 9.47 Å². The molecule has 2 saturated heterocycles. The highest BCUT2D eigenvalue weighted by molar-refractivity contribution is 4.81. The molecule has 0 saturated carbocycles. The third-order valence-corrected chi connectivity index (χ3v) is 2.29. The van der Waals surface area contributed by atoms with Crippen molar-refractivity contribution >= 4 is 0 Å². The molecule has 10 heavy (non-hydrogen) atoms. The van der Waals surface area contributed by atoms with Crippen LogP contribution >= 0.6 is 0 Å². The van der Waals surface area contributed by atoms with Crippen molar-refractivity contribution in [3.8, 4) is 0 Å². The zero-order valence-electron chi connectivity index (χ0n) is 5.82. The van der Waals surface area contributed by atoms with E-state index in [9.17, 15) is 5.11 Å². The smallest absolute Gasteiger partial charge is 0.160 e. The monoisotopic (exact) mass is 144 g/mol. The predicted octanol–water partition coefficient (Wildman–Crippen LogP) is 0.130. The van der Waals surface area contributed by atoms with Crippen molar-refractivity contribution in [3.05, 3.63) is 0 Å². The Balaban J connectivity index is 2.01. The topological polar surface area (TPSA) is 38.7 Å². The van der Waals surface area contributed by atoms with E-state index >= 15 is 0 Å². The molecular weight excluding hydrogens is 132 g/mol. The first-order chi connectivity index (χ1) is 4.88. The van der Waals surface area contributed by atoms with Gasteiger partial charge >= 0.3 is 0 Å². The molecule has 0 bridgehead atoms. The molecule has 3 unspecified atom stereocenters. The average molecular weight is 144 g/mol. The lowest BCUT2D eigenvalue weighted by Gasteiger charge is -2.24. The fraction of sp³-hybridized carbons (Fsp3) is 1.00. The molecule has 2 heterocycles. The molecule has 1 N–H and O–H groups in total. The van der Waals surface area contributed by atoms with Crippen LogP contribution in [0.3, 0.4) is 0 Å². The molecule has 0 amide bonds. The van der Waals surface area contributed by atoms with Crippen LogP contribution in [0.1, 0.15) is 12.8 Å². The summed E-state index contributed by atoms with van der Waals surface area (Å²) < 4.78 is 10.4. The van der Waals surface area contributed by atoms with Crippen molar-refractivity contribution in [1.29, 1.82) is 0 Å². The molecule has 3 heteroatoms. The summed E-state index contributed by atoms with van der Waals surface area (Å²) in [6.07, 6.45) is 1.71. The standard InChI is InChI=1S/C7H12O3/c8-7-5-2-1-3-9-6(5)4-10-7/h5-8H,1-4H2. The Morgan fingerprint density at radius 3 is 3.00 bits per heavy atom. The van der Waals surface area contributed by atoms with Crippen molar-refractivity contribution in [2.75, 3.05) is 13.2 Å². The lowest BCUT2D eigenvalue weighted by molar-refractivity contribution is -0.0898. The third kappa shape index (κ3) is 0.944. The van der Waals surface area contributed by atoms with Crippen LogP contribution in [0, 0.1) is 5.92 Å². The van der Waals surface area contributed by atoms with Crippen LogP contribution in [0.4, 0.5) is 0 Å². The van der Waals surface area contributed by atoms with Crippen molar-refractivity contribution in [1.82, 2.24) is 0 Å².